The highest BCUT2D eigenvalue weighted by atomic mass is 32.2. The highest BCUT2D eigenvalue weighted by molar-refractivity contribution is 7.90. The van der Waals surface area contributed by atoms with E-state index in [2.05, 4.69) is 10.3 Å². The van der Waals surface area contributed by atoms with E-state index in [9.17, 15) is 8.42 Å². The summed E-state index contributed by atoms with van der Waals surface area (Å²) in [5, 5.41) is 2.90. The van der Waals surface area contributed by atoms with Crippen LogP contribution < -0.4 is 11.1 Å². The van der Waals surface area contributed by atoms with Crippen LogP contribution in [0.5, 0.6) is 0 Å². The van der Waals surface area contributed by atoms with Gasteiger partial charge in [0.2, 0.25) is 0 Å². The maximum absolute atomic E-state index is 10.9. The predicted molar refractivity (Wildman–Crippen MR) is 61.6 cm³/mol. The quantitative estimate of drug-likeness (QED) is 0.782. The lowest BCUT2D eigenvalue weighted by molar-refractivity contribution is 0.602. The lowest BCUT2D eigenvalue weighted by Gasteiger charge is -2.06. The van der Waals surface area contributed by atoms with E-state index in [1.165, 1.54) is 6.26 Å². The van der Waals surface area contributed by atoms with E-state index in [0.29, 0.717) is 18.1 Å². The Balaban J connectivity index is 2.55. The first-order valence-electron chi connectivity index (χ1n) is 4.52. The molecule has 1 aromatic heterocycles. The van der Waals surface area contributed by atoms with Crippen LogP contribution in [-0.4, -0.2) is 32.0 Å². The van der Waals surface area contributed by atoms with Crippen molar-refractivity contribution in [3.63, 3.8) is 0 Å². The molecule has 0 saturated carbocycles. The summed E-state index contributed by atoms with van der Waals surface area (Å²) in [6, 6.07) is 1.69. The average molecular weight is 229 g/mol. The molecule has 0 aliphatic heterocycles. The smallest absolute Gasteiger partial charge is 0.149 e. The molecule has 1 rings (SSSR count). The molecule has 0 aliphatic carbocycles. The second-order valence-corrected chi connectivity index (χ2v) is 5.74. The van der Waals surface area contributed by atoms with Crippen LogP contribution in [0.4, 0.5) is 11.5 Å². The molecule has 6 heteroatoms. The number of aromatic nitrogens is 1. The zero-order chi connectivity index (χ0) is 11.5. The number of hydrogen-bond acceptors (Lipinski definition) is 5. The van der Waals surface area contributed by atoms with E-state index < -0.39 is 9.84 Å². The molecule has 0 radical (unpaired) electrons. The third kappa shape index (κ3) is 4.16. The van der Waals surface area contributed by atoms with Gasteiger partial charge in [-0.05, 0) is 12.5 Å². The third-order valence-electron chi connectivity index (χ3n) is 1.92. The molecule has 1 heterocycles. The van der Waals surface area contributed by atoms with Gasteiger partial charge in [0.15, 0.2) is 0 Å². The van der Waals surface area contributed by atoms with Crippen LogP contribution in [0.3, 0.4) is 0 Å². The Morgan fingerprint density at radius 1 is 1.53 bits per heavy atom. The molecule has 1 aromatic rings. The zero-order valence-electron chi connectivity index (χ0n) is 8.82. The molecule has 3 N–H and O–H groups in total. The molecule has 0 bridgehead atoms. The van der Waals surface area contributed by atoms with Crippen molar-refractivity contribution in [2.24, 2.45) is 0 Å². The summed E-state index contributed by atoms with van der Waals surface area (Å²) in [6.07, 6.45) is 2.85. The fraction of sp³-hybridized carbons (Fsp3) is 0.444. The summed E-state index contributed by atoms with van der Waals surface area (Å²) in [7, 11) is -2.93. The van der Waals surface area contributed by atoms with E-state index in [4.69, 9.17) is 5.73 Å². The van der Waals surface area contributed by atoms with Gasteiger partial charge in [0, 0.05) is 30.8 Å². The molecule has 0 unspecified atom stereocenters. The highest BCUT2D eigenvalue weighted by Crippen LogP contribution is 2.12. The molecule has 84 valence electrons. The SMILES string of the molecule is Cc1cnc(NCCS(C)(=O)=O)cc1N. The van der Waals surface area contributed by atoms with Gasteiger partial charge in [0.1, 0.15) is 15.7 Å². The van der Waals surface area contributed by atoms with Gasteiger partial charge in [-0.25, -0.2) is 13.4 Å². The third-order valence-corrected chi connectivity index (χ3v) is 2.87. The molecule has 15 heavy (non-hydrogen) atoms. The number of sulfone groups is 1. The van der Waals surface area contributed by atoms with E-state index in [1.807, 2.05) is 6.92 Å². The standard InChI is InChI=1S/C9H15N3O2S/c1-7-6-12-9(5-8(7)10)11-3-4-15(2,13)14/h5-6H,3-4H2,1-2H3,(H3,10,11,12). The minimum absolute atomic E-state index is 0.0858. The number of pyridine rings is 1. The van der Waals surface area contributed by atoms with Gasteiger partial charge < -0.3 is 11.1 Å². The van der Waals surface area contributed by atoms with Crippen LogP contribution in [0.2, 0.25) is 0 Å². The van der Waals surface area contributed by atoms with Crippen molar-refractivity contribution in [2.75, 3.05) is 29.6 Å². The maximum atomic E-state index is 10.9. The number of nitrogens with two attached hydrogens (primary N) is 1. The van der Waals surface area contributed by atoms with Crippen LogP contribution in [0.15, 0.2) is 12.3 Å². The lowest BCUT2D eigenvalue weighted by Crippen LogP contribution is -2.14. The van der Waals surface area contributed by atoms with Crippen molar-refractivity contribution in [1.29, 1.82) is 0 Å². The molecule has 0 aliphatic rings. The first kappa shape index (κ1) is 11.8. The Morgan fingerprint density at radius 2 is 2.20 bits per heavy atom. The van der Waals surface area contributed by atoms with Gasteiger partial charge >= 0.3 is 0 Å². The van der Waals surface area contributed by atoms with Crippen molar-refractivity contribution in [1.82, 2.24) is 4.98 Å². The van der Waals surface area contributed by atoms with Crippen molar-refractivity contribution in [3.8, 4) is 0 Å². The monoisotopic (exact) mass is 229 g/mol. The Labute approximate surface area is 89.6 Å². The van der Waals surface area contributed by atoms with Gasteiger partial charge in [-0.15, -0.1) is 0 Å². The molecule has 0 amide bonds. The van der Waals surface area contributed by atoms with Gasteiger partial charge in [0.25, 0.3) is 0 Å². The summed E-state index contributed by atoms with van der Waals surface area (Å²) < 4.78 is 21.7. The van der Waals surface area contributed by atoms with Crippen molar-refractivity contribution in [2.45, 2.75) is 6.92 Å². The summed E-state index contributed by atoms with van der Waals surface area (Å²) >= 11 is 0. The molecule has 5 nitrogen and oxygen atoms in total. The number of hydrogen-bond donors (Lipinski definition) is 2. The fourth-order valence-electron chi connectivity index (χ4n) is 1.00. The van der Waals surface area contributed by atoms with Crippen LogP contribution in [0, 0.1) is 6.92 Å². The van der Waals surface area contributed by atoms with Gasteiger partial charge in [-0.3, -0.25) is 0 Å². The van der Waals surface area contributed by atoms with E-state index >= 15 is 0 Å². The van der Waals surface area contributed by atoms with Crippen LogP contribution >= 0.6 is 0 Å². The average Bonchev–Trinajstić information content (AvgIpc) is 2.09. The first-order chi connectivity index (χ1) is 6.88. The Hall–Kier alpha value is -1.30. The van der Waals surface area contributed by atoms with E-state index in [-0.39, 0.29) is 5.75 Å². The molecule has 0 saturated heterocycles. The topological polar surface area (TPSA) is 85.1 Å². The van der Waals surface area contributed by atoms with Crippen LogP contribution in [0.25, 0.3) is 0 Å². The Bertz CT molecular complexity index is 443. The molecule has 0 atom stereocenters. The molecule has 0 fully saturated rings. The molecular weight excluding hydrogens is 214 g/mol. The minimum Gasteiger partial charge on any atom is -0.398 e. The fourth-order valence-corrected chi connectivity index (χ4v) is 1.47. The summed E-state index contributed by atoms with van der Waals surface area (Å²) in [4.78, 5) is 4.07. The Kier molecular flexibility index (Phi) is 3.52. The second kappa shape index (κ2) is 4.48. The van der Waals surface area contributed by atoms with Gasteiger partial charge in [-0.1, -0.05) is 0 Å². The van der Waals surface area contributed by atoms with Crippen molar-refractivity contribution < 1.29 is 8.42 Å². The summed E-state index contributed by atoms with van der Waals surface area (Å²) in [6.45, 7) is 2.21. The number of nitrogen functional groups attached to an aromatic ring is 1. The molecule has 0 spiro atoms. The number of nitrogens with zero attached hydrogens (tertiary/aromatic N) is 1. The number of rotatable bonds is 4. The molecular formula is C9H15N3O2S. The predicted octanol–water partition coefficient (Wildman–Crippen LogP) is 0.429. The minimum atomic E-state index is -2.93. The van der Waals surface area contributed by atoms with Crippen molar-refractivity contribution in [3.05, 3.63) is 17.8 Å². The van der Waals surface area contributed by atoms with Crippen LogP contribution in [-0.2, 0) is 9.84 Å². The largest absolute Gasteiger partial charge is 0.398 e. The molecule has 0 aromatic carbocycles. The summed E-state index contributed by atoms with van der Waals surface area (Å²) in [5.41, 5.74) is 7.23. The normalized spacial score (nSPS) is 11.3. The highest BCUT2D eigenvalue weighted by Gasteiger charge is 2.02. The Morgan fingerprint density at radius 3 is 2.73 bits per heavy atom. The van der Waals surface area contributed by atoms with Crippen LogP contribution in [0.1, 0.15) is 5.56 Å². The number of anilines is 2. The lowest BCUT2D eigenvalue weighted by atomic mass is 10.2. The second-order valence-electron chi connectivity index (χ2n) is 3.48. The summed E-state index contributed by atoms with van der Waals surface area (Å²) in [5.74, 6) is 0.685. The van der Waals surface area contributed by atoms with Gasteiger partial charge in [-0.2, -0.15) is 0 Å². The van der Waals surface area contributed by atoms with E-state index in [0.717, 1.165) is 5.56 Å². The first-order valence-corrected chi connectivity index (χ1v) is 6.58. The van der Waals surface area contributed by atoms with E-state index in [1.54, 1.807) is 12.3 Å². The van der Waals surface area contributed by atoms with Crippen molar-refractivity contribution >= 4 is 21.3 Å². The number of nitrogens with one attached hydrogen (secondary N) is 1. The van der Waals surface area contributed by atoms with Gasteiger partial charge in [0.05, 0.1) is 5.75 Å². The zero-order valence-corrected chi connectivity index (χ0v) is 9.63. The number of aryl methyl sites for hydroxylation is 1. The maximum Gasteiger partial charge on any atom is 0.149 e.